The monoisotopic (exact) mass is 239 g/mol. The van der Waals surface area contributed by atoms with Gasteiger partial charge in [-0.3, -0.25) is 4.90 Å². The Balaban J connectivity index is 2.17. The van der Waals surface area contributed by atoms with Crippen molar-refractivity contribution in [2.45, 2.75) is 64.3 Å². The summed E-state index contributed by atoms with van der Waals surface area (Å²) in [6.45, 7) is 11.2. The maximum absolute atomic E-state index is 3.91. The molecule has 2 nitrogen and oxygen atoms in total. The summed E-state index contributed by atoms with van der Waals surface area (Å²) in [6, 6.07) is 0.797. The maximum Gasteiger partial charge on any atom is 0.0221 e. The quantitative estimate of drug-likeness (QED) is 0.621. The fourth-order valence-corrected chi connectivity index (χ4v) is 2.68. The van der Waals surface area contributed by atoms with E-state index in [2.05, 4.69) is 24.1 Å². The Morgan fingerprint density at radius 2 is 2.06 bits per heavy atom. The van der Waals surface area contributed by atoms with Gasteiger partial charge in [-0.2, -0.15) is 0 Å². The molecule has 1 rings (SSSR count). The first-order chi connectivity index (χ1) is 8.38. The molecule has 0 saturated carbocycles. The van der Waals surface area contributed by atoms with Crippen molar-refractivity contribution in [3.8, 4) is 0 Å². The highest BCUT2D eigenvalue weighted by molar-refractivity contribution is 4.79. The molecule has 0 amide bonds. The Morgan fingerprint density at radius 3 is 2.82 bits per heavy atom. The van der Waals surface area contributed by atoms with Gasteiger partial charge in [-0.05, 0) is 19.4 Å². The summed E-state index contributed by atoms with van der Waals surface area (Å²) < 4.78 is 0. The smallest absolute Gasteiger partial charge is 0.0221 e. The van der Waals surface area contributed by atoms with Crippen LogP contribution in [0.2, 0.25) is 0 Å². The summed E-state index contributed by atoms with van der Waals surface area (Å²) in [5, 5.41) is 3.54. The van der Waals surface area contributed by atoms with Crippen molar-refractivity contribution in [1.82, 2.24) is 10.2 Å². The Hall–Kier alpha value is -0.0800. The first-order valence-electron chi connectivity index (χ1n) is 7.62. The Kier molecular flexibility index (Phi) is 8.72. The minimum Gasteiger partial charge on any atom is -0.314 e. The Morgan fingerprint density at radius 1 is 1.18 bits per heavy atom. The normalized spacial score (nSPS) is 21.9. The fraction of sp³-hybridized carbons (Fsp3) is 0.933. The van der Waals surface area contributed by atoms with E-state index in [1.54, 1.807) is 0 Å². The zero-order valence-corrected chi connectivity index (χ0v) is 11.7. The lowest BCUT2D eigenvalue weighted by atomic mass is 10.0. The molecule has 17 heavy (non-hydrogen) atoms. The van der Waals surface area contributed by atoms with E-state index in [0.29, 0.717) is 0 Å². The van der Waals surface area contributed by atoms with E-state index in [0.717, 1.165) is 12.5 Å². The molecule has 0 aromatic carbocycles. The van der Waals surface area contributed by atoms with Gasteiger partial charge in [0.1, 0.15) is 0 Å². The third-order valence-electron chi connectivity index (χ3n) is 3.81. The van der Waals surface area contributed by atoms with Crippen molar-refractivity contribution in [2.75, 3.05) is 26.2 Å². The van der Waals surface area contributed by atoms with Crippen LogP contribution in [-0.2, 0) is 0 Å². The van der Waals surface area contributed by atoms with Crippen molar-refractivity contribution >= 4 is 0 Å². The number of unbranched alkanes of at least 4 members (excludes halogenated alkanes) is 5. The van der Waals surface area contributed by atoms with Crippen LogP contribution < -0.4 is 5.32 Å². The predicted octanol–water partition coefficient (Wildman–Crippen LogP) is 3.23. The summed E-state index contributed by atoms with van der Waals surface area (Å²) in [5.74, 6) is 0. The van der Waals surface area contributed by atoms with E-state index in [4.69, 9.17) is 0 Å². The third kappa shape index (κ3) is 6.42. The van der Waals surface area contributed by atoms with E-state index in [-0.39, 0.29) is 0 Å². The van der Waals surface area contributed by atoms with E-state index < -0.39 is 0 Å². The molecule has 1 aliphatic rings. The minimum absolute atomic E-state index is 0.797. The van der Waals surface area contributed by atoms with Crippen LogP contribution in [0.1, 0.15) is 58.3 Å². The summed E-state index contributed by atoms with van der Waals surface area (Å²) in [4.78, 5) is 2.72. The van der Waals surface area contributed by atoms with Crippen molar-refractivity contribution in [3.05, 3.63) is 6.92 Å². The van der Waals surface area contributed by atoms with Crippen LogP contribution in [0.3, 0.4) is 0 Å². The molecule has 0 bridgehead atoms. The van der Waals surface area contributed by atoms with Crippen LogP contribution in [0.25, 0.3) is 0 Å². The van der Waals surface area contributed by atoms with Gasteiger partial charge in [0.15, 0.2) is 0 Å². The lowest BCUT2D eigenvalue weighted by molar-refractivity contribution is 0.147. The van der Waals surface area contributed by atoms with Crippen LogP contribution in [0, 0.1) is 6.92 Å². The number of hydrogen-bond acceptors (Lipinski definition) is 2. The van der Waals surface area contributed by atoms with Crippen LogP contribution in [0.4, 0.5) is 0 Å². The first kappa shape index (κ1) is 15.0. The predicted molar refractivity (Wildman–Crippen MR) is 76.2 cm³/mol. The number of nitrogens with zero attached hydrogens (tertiary/aromatic N) is 1. The summed E-state index contributed by atoms with van der Waals surface area (Å²) in [5.41, 5.74) is 0. The van der Waals surface area contributed by atoms with Gasteiger partial charge in [0.05, 0.1) is 0 Å². The Bertz CT molecular complexity index is 170. The van der Waals surface area contributed by atoms with Gasteiger partial charge in [-0.25, -0.2) is 0 Å². The standard InChI is InChI=1S/C15H31N2/c1-3-5-7-8-10-15-14-16-11-13-17(15)12-9-6-4-2/h15-16H,1,3-14H2,2H3. The van der Waals surface area contributed by atoms with Crippen molar-refractivity contribution in [2.24, 2.45) is 0 Å². The topological polar surface area (TPSA) is 15.3 Å². The molecule has 1 heterocycles. The molecular weight excluding hydrogens is 208 g/mol. The molecule has 2 heteroatoms. The zero-order valence-electron chi connectivity index (χ0n) is 11.7. The molecule has 0 aromatic heterocycles. The fourth-order valence-electron chi connectivity index (χ4n) is 2.68. The van der Waals surface area contributed by atoms with E-state index in [9.17, 15) is 0 Å². The second-order valence-corrected chi connectivity index (χ2v) is 5.30. The zero-order chi connectivity index (χ0) is 12.3. The molecule has 1 fully saturated rings. The molecule has 0 spiro atoms. The molecule has 1 unspecified atom stereocenters. The van der Waals surface area contributed by atoms with E-state index in [1.165, 1.54) is 71.1 Å². The average molecular weight is 239 g/mol. The number of piperazine rings is 1. The van der Waals surface area contributed by atoms with Crippen LogP contribution in [-0.4, -0.2) is 37.1 Å². The van der Waals surface area contributed by atoms with Crippen molar-refractivity contribution in [1.29, 1.82) is 0 Å². The van der Waals surface area contributed by atoms with Gasteiger partial charge < -0.3 is 5.32 Å². The average Bonchev–Trinajstić information content (AvgIpc) is 2.36. The molecule has 0 aromatic rings. The van der Waals surface area contributed by atoms with Gasteiger partial charge in [-0.15, -0.1) is 0 Å². The minimum atomic E-state index is 0.797. The summed E-state index contributed by atoms with van der Waals surface area (Å²) in [7, 11) is 0. The summed E-state index contributed by atoms with van der Waals surface area (Å²) >= 11 is 0. The van der Waals surface area contributed by atoms with E-state index >= 15 is 0 Å². The van der Waals surface area contributed by atoms with Gasteiger partial charge in [-0.1, -0.05) is 52.4 Å². The molecule has 101 valence electrons. The summed E-state index contributed by atoms with van der Waals surface area (Å²) in [6.07, 6.45) is 10.6. The molecule has 1 radical (unpaired) electrons. The number of hydrogen-bond donors (Lipinski definition) is 1. The lowest BCUT2D eigenvalue weighted by Gasteiger charge is -2.36. The molecule has 1 N–H and O–H groups in total. The highest BCUT2D eigenvalue weighted by Gasteiger charge is 2.20. The largest absolute Gasteiger partial charge is 0.314 e. The van der Waals surface area contributed by atoms with Crippen LogP contribution in [0.5, 0.6) is 0 Å². The van der Waals surface area contributed by atoms with Gasteiger partial charge in [0.25, 0.3) is 0 Å². The first-order valence-corrected chi connectivity index (χ1v) is 7.62. The third-order valence-corrected chi connectivity index (χ3v) is 3.81. The van der Waals surface area contributed by atoms with Gasteiger partial charge >= 0.3 is 0 Å². The number of rotatable bonds is 9. The van der Waals surface area contributed by atoms with Crippen LogP contribution >= 0.6 is 0 Å². The van der Waals surface area contributed by atoms with Crippen molar-refractivity contribution in [3.63, 3.8) is 0 Å². The van der Waals surface area contributed by atoms with Crippen LogP contribution in [0.15, 0.2) is 0 Å². The molecule has 1 aliphatic heterocycles. The van der Waals surface area contributed by atoms with Gasteiger partial charge in [0.2, 0.25) is 0 Å². The molecular formula is C15H31N2. The van der Waals surface area contributed by atoms with E-state index in [1.807, 2.05) is 0 Å². The second-order valence-electron chi connectivity index (χ2n) is 5.30. The molecule has 1 saturated heterocycles. The van der Waals surface area contributed by atoms with Crippen molar-refractivity contribution < 1.29 is 0 Å². The molecule has 0 aliphatic carbocycles. The lowest BCUT2D eigenvalue weighted by Crippen LogP contribution is -2.51. The Labute approximate surface area is 108 Å². The van der Waals surface area contributed by atoms with Gasteiger partial charge in [0, 0.05) is 25.7 Å². The number of nitrogens with one attached hydrogen (secondary N) is 1. The molecule has 1 atom stereocenters. The highest BCUT2D eigenvalue weighted by Crippen LogP contribution is 2.13. The highest BCUT2D eigenvalue weighted by atomic mass is 15.2. The SMILES string of the molecule is [CH2]CCCCCC1CNCCN1CCCCC. The second kappa shape index (κ2) is 9.90. The maximum atomic E-state index is 3.91.